The Labute approximate surface area is 202 Å². The van der Waals surface area contributed by atoms with E-state index in [0.29, 0.717) is 19.0 Å². The molecule has 2 saturated carbocycles. The van der Waals surface area contributed by atoms with Crippen LogP contribution in [0.3, 0.4) is 0 Å². The second kappa shape index (κ2) is 9.37. The molecule has 2 aliphatic carbocycles. The third-order valence-corrected chi connectivity index (χ3v) is 8.81. The predicted molar refractivity (Wildman–Crippen MR) is 132 cm³/mol. The molecule has 0 bridgehead atoms. The summed E-state index contributed by atoms with van der Waals surface area (Å²) >= 11 is 0. The van der Waals surface area contributed by atoms with Crippen molar-refractivity contribution in [2.75, 3.05) is 0 Å². The average molecular weight is 473 g/mol. The second-order valence-electron chi connectivity index (χ2n) is 11.7. The highest BCUT2D eigenvalue weighted by Gasteiger charge is 2.53. The minimum Gasteiger partial charge on any atom is -0.507 e. The van der Waals surface area contributed by atoms with Crippen molar-refractivity contribution in [2.45, 2.75) is 84.7 Å². The Hall–Kier alpha value is -2.34. The van der Waals surface area contributed by atoms with Crippen LogP contribution in [0, 0.1) is 29.1 Å². The fourth-order valence-electron chi connectivity index (χ4n) is 6.89. The molecule has 2 fully saturated rings. The maximum Gasteiger partial charge on any atom is 0.157 e. The summed E-state index contributed by atoms with van der Waals surface area (Å²) in [7, 11) is 0. The van der Waals surface area contributed by atoms with Crippen molar-refractivity contribution >= 4 is 12.6 Å². The lowest BCUT2D eigenvalue weighted by Gasteiger charge is -2.57. The third kappa shape index (κ3) is 4.37. The second-order valence-corrected chi connectivity index (χ2v) is 11.7. The Balaban J connectivity index is 2.17. The number of carbonyl (C=O) groups is 2. The van der Waals surface area contributed by atoms with Gasteiger partial charge in [0.15, 0.2) is 12.6 Å². The van der Waals surface area contributed by atoms with Crippen molar-refractivity contribution in [3.63, 3.8) is 0 Å². The van der Waals surface area contributed by atoms with Gasteiger partial charge in [-0.25, -0.2) is 0 Å². The first-order valence-electron chi connectivity index (χ1n) is 12.4. The topological polar surface area (TPSA) is 115 Å². The van der Waals surface area contributed by atoms with Crippen molar-refractivity contribution in [3.8, 4) is 17.2 Å². The molecule has 6 heteroatoms. The van der Waals surface area contributed by atoms with Gasteiger partial charge in [-0.1, -0.05) is 32.9 Å². The van der Waals surface area contributed by atoms with E-state index in [0.717, 1.165) is 32.1 Å². The van der Waals surface area contributed by atoms with E-state index in [4.69, 9.17) is 0 Å². The Morgan fingerprint density at radius 3 is 2.09 bits per heavy atom. The maximum absolute atomic E-state index is 11.7. The van der Waals surface area contributed by atoms with Gasteiger partial charge in [-0.3, -0.25) is 9.59 Å². The first-order chi connectivity index (χ1) is 15.8. The van der Waals surface area contributed by atoms with Crippen LogP contribution in [0.1, 0.15) is 105 Å². The van der Waals surface area contributed by atoms with Crippen LogP contribution < -0.4 is 0 Å². The molecule has 34 heavy (non-hydrogen) atoms. The molecule has 0 heterocycles. The molecule has 0 spiro atoms. The van der Waals surface area contributed by atoms with Crippen molar-refractivity contribution in [3.05, 3.63) is 28.8 Å². The number of hydrogen-bond donors (Lipinski definition) is 4. The Morgan fingerprint density at radius 1 is 1.06 bits per heavy atom. The fraction of sp³-hybridized carbons (Fsp3) is 0.643. The molecule has 1 aromatic rings. The van der Waals surface area contributed by atoms with E-state index in [1.54, 1.807) is 0 Å². The number of rotatable bonds is 7. The van der Waals surface area contributed by atoms with Crippen LogP contribution in [-0.4, -0.2) is 38.6 Å². The number of hydrogen-bond acceptors (Lipinski definition) is 6. The predicted octanol–water partition coefficient (Wildman–Crippen LogP) is 5.72. The van der Waals surface area contributed by atoms with E-state index < -0.39 is 22.8 Å². The number of fused-ring (bicyclic) bond motifs is 1. The van der Waals surface area contributed by atoms with E-state index in [1.807, 2.05) is 13.8 Å². The van der Waals surface area contributed by atoms with Gasteiger partial charge in [0.2, 0.25) is 0 Å². The zero-order valence-electron chi connectivity index (χ0n) is 21.1. The number of aromatic hydroxyl groups is 3. The molecule has 5 atom stereocenters. The summed E-state index contributed by atoms with van der Waals surface area (Å²) in [5.41, 5.74) is -0.338. The summed E-state index contributed by atoms with van der Waals surface area (Å²) in [6.45, 7) is 14.5. The summed E-state index contributed by atoms with van der Waals surface area (Å²) in [5.74, 6) is -1.31. The van der Waals surface area contributed by atoms with Crippen LogP contribution in [0.5, 0.6) is 17.2 Å². The summed E-state index contributed by atoms with van der Waals surface area (Å²) in [4.78, 5) is 23.4. The SMILES string of the molecule is C=C1CCC(C(CC(C)C)c2c(O)c(C=O)c(O)c(C=O)c2O)C2(C)CCC(C(C)(C)O)CC12. The minimum absolute atomic E-state index is 0.0495. The number of allylic oxidation sites excluding steroid dienone is 1. The lowest BCUT2D eigenvalue weighted by Crippen LogP contribution is -2.49. The van der Waals surface area contributed by atoms with E-state index in [-0.39, 0.29) is 51.7 Å². The number of aliphatic hydroxyl groups is 1. The lowest BCUT2D eigenvalue weighted by molar-refractivity contribution is -0.0652. The zero-order valence-corrected chi connectivity index (χ0v) is 21.1. The Bertz CT molecular complexity index is 937. The van der Waals surface area contributed by atoms with E-state index >= 15 is 0 Å². The van der Waals surface area contributed by atoms with Gasteiger partial charge < -0.3 is 20.4 Å². The van der Waals surface area contributed by atoms with Crippen LogP contribution >= 0.6 is 0 Å². The highest BCUT2D eigenvalue weighted by atomic mass is 16.3. The molecule has 3 rings (SSSR count). The molecule has 0 aliphatic heterocycles. The molecule has 4 N–H and O–H groups in total. The van der Waals surface area contributed by atoms with Crippen LogP contribution in [0.4, 0.5) is 0 Å². The monoisotopic (exact) mass is 472 g/mol. The standard InChI is InChI=1S/C28H40O6/c1-15(2)11-18(23-25(32)19(13-29)24(31)20(14-30)26(23)33)21-8-7-16(3)22-12-17(27(4,5)34)9-10-28(21,22)6/h13-15,17-18,21-22,31-34H,3,7-12H2,1-2,4-6H3. The molecule has 0 saturated heterocycles. The molecule has 2 aliphatic rings. The summed E-state index contributed by atoms with van der Waals surface area (Å²) in [6.07, 6.45) is 5.46. The molecule has 0 aromatic heterocycles. The first-order valence-corrected chi connectivity index (χ1v) is 12.4. The molecule has 0 amide bonds. The number of phenolic OH excluding ortho intramolecular Hbond substituents is 3. The molecular weight excluding hydrogens is 432 g/mol. The number of phenols is 3. The summed E-state index contributed by atoms with van der Waals surface area (Å²) < 4.78 is 0. The van der Waals surface area contributed by atoms with Crippen LogP contribution in [0.15, 0.2) is 12.2 Å². The van der Waals surface area contributed by atoms with Gasteiger partial charge in [0.1, 0.15) is 17.2 Å². The molecule has 188 valence electrons. The Kier molecular flexibility index (Phi) is 7.24. The normalized spacial score (nSPS) is 28.4. The van der Waals surface area contributed by atoms with Crippen molar-refractivity contribution in [2.24, 2.45) is 29.1 Å². The average Bonchev–Trinajstić information content (AvgIpc) is 2.72. The van der Waals surface area contributed by atoms with Crippen LogP contribution in [0.2, 0.25) is 0 Å². The van der Waals surface area contributed by atoms with Crippen molar-refractivity contribution in [1.29, 1.82) is 0 Å². The molecule has 5 unspecified atom stereocenters. The molecule has 0 radical (unpaired) electrons. The first kappa shape index (κ1) is 26.3. The van der Waals surface area contributed by atoms with Gasteiger partial charge in [-0.15, -0.1) is 0 Å². The van der Waals surface area contributed by atoms with Crippen LogP contribution in [0.25, 0.3) is 0 Å². The fourth-order valence-corrected chi connectivity index (χ4v) is 6.89. The zero-order chi connectivity index (χ0) is 25.6. The number of benzene rings is 1. The minimum atomic E-state index is -0.781. The van der Waals surface area contributed by atoms with Crippen molar-refractivity contribution in [1.82, 2.24) is 0 Å². The largest absolute Gasteiger partial charge is 0.507 e. The number of aldehydes is 2. The summed E-state index contributed by atoms with van der Waals surface area (Å²) in [6, 6.07) is 0. The van der Waals surface area contributed by atoms with Gasteiger partial charge in [0, 0.05) is 5.56 Å². The van der Waals surface area contributed by atoms with Gasteiger partial charge in [-0.2, -0.15) is 0 Å². The van der Waals surface area contributed by atoms with Gasteiger partial charge in [0.25, 0.3) is 0 Å². The molecule has 1 aromatic carbocycles. The highest BCUT2D eigenvalue weighted by molar-refractivity contribution is 5.95. The highest BCUT2D eigenvalue weighted by Crippen LogP contribution is 2.63. The van der Waals surface area contributed by atoms with E-state index in [1.165, 1.54) is 5.57 Å². The van der Waals surface area contributed by atoms with Crippen molar-refractivity contribution < 1.29 is 30.0 Å². The van der Waals surface area contributed by atoms with Gasteiger partial charge in [-0.05, 0) is 87.4 Å². The quantitative estimate of drug-likeness (QED) is 0.298. The lowest BCUT2D eigenvalue weighted by atomic mass is 9.48. The van der Waals surface area contributed by atoms with Crippen LogP contribution in [-0.2, 0) is 0 Å². The summed E-state index contributed by atoms with van der Waals surface area (Å²) in [5, 5.41) is 43.1. The molecule has 6 nitrogen and oxygen atoms in total. The van der Waals surface area contributed by atoms with E-state index in [9.17, 15) is 30.0 Å². The third-order valence-electron chi connectivity index (χ3n) is 8.81. The Morgan fingerprint density at radius 2 is 1.62 bits per heavy atom. The van der Waals surface area contributed by atoms with Gasteiger partial charge >= 0.3 is 0 Å². The smallest absolute Gasteiger partial charge is 0.157 e. The maximum atomic E-state index is 11.7. The van der Waals surface area contributed by atoms with E-state index in [2.05, 4.69) is 27.4 Å². The molecular formula is C28H40O6. The number of carbonyl (C=O) groups excluding carboxylic acids is 2. The van der Waals surface area contributed by atoms with Gasteiger partial charge in [0.05, 0.1) is 16.7 Å².